The molecule has 2 aliphatic heterocycles. The van der Waals surface area contributed by atoms with Gasteiger partial charge < -0.3 is 15.2 Å². The fraction of sp³-hybridized carbons (Fsp3) is 1.00. The van der Waals surface area contributed by atoms with Crippen LogP contribution in [-0.2, 0) is 9.47 Å². The molecule has 3 rings (SSSR count). The van der Waals surface area contributed by atoms with Crippen molar-refractivity contribution in [2.75, 3.05) is 32.8 Å². The Morgan fingerprint density at radius 1 is 0.941 bits per heavy atom. The molecule has 4 nitrogen and oxygen atoms in total. The Bertz CT molecular complexity index is 261. The first kappa shape index (κ1) is 11.9. The van der Waals surface area contributed by atoms with E-state index in [1.807, 2.05) is 0 Å². The van der Waals surface area contributed by atoms with Gasteiger partial charge in [0.05, 0.1) is 13.2 Å². The maximum Gasteiger partial charge on any atom is 0.168 e. The van der Waals surface area contributed by atoms with Gasteiger partial charge in [-0.15, -0.1) is 0 Å². The van der Waals surface area contributed by atoms with Crippen LogP contribution in [0.1, 0.15) is 38.5 Å². The number of ether oxygens (including phenoxy) is 2. The molecule has 0 atom stereocenters. The van der Waals surface area contributed by atoms with Gasteiger partial charge in [-0.25, -0.2) is 0 Å². The predicted octanol–water partition coefficient (Wildman–Crippen LogP) is 1.10. The van der Waals surface area contributed by atoms with Crippen LogP contribution in [0.25, 0.3) is 0 Å². The van der Waals surface area contributed by atoms with Gasteiger partial charge in [-0.3, -0.25) is 4.90 Å². The van der Waals surface area contributed by atoms with Crippen LogP contribution in [0.4, 0.5) is 0 Å². The molecular formula is C13H24N2O2. The number of hydrogen-bond donors (Lipinski definition) is 1. The minimum atomic E-state index is -0.252. The number of likely N-dealkylation sites (tertiary alicyclic amines) is 1. The van der Waals surface area contributed by atoms with Gasteiger partial charge in [0, 0.05) is 24.9 Å². The first-order valence-electron chi connectivity index (χ1n) is 7.02. The largest absolute Gasteiger partial charge is 0.348 e. The second-order valence-electron chi connectivity index (χ2n) is 5.73. The first-order valence-corrected chi connectivity index (χ1v) is 7.02. The standard InChI is InChI=1S/C13H24N2O2/c14-11-12(15-7-1-2-8-15)3-5-13(6-4-12)16-9-10-17-13/h1-11,14H2. The minimum absolute atomic E-state index is 0.233. The van der Waals surface area contributed by atoms with Gasteiger partial charge in [0.25, 0.3) is 0 Å². The molecule has 0 aromatic rings. The highest BCUT2D eigenvalue weighted by atomic mass is 16.7. The number of rotatable bonds is 2. The van der Waals surface area contributed by atoms with Crippen molar-refractivity contribution in [1.82, 2.24) is 4.90 Å². The molecule has 3 fully saturated rings. The van der Waals surface area contributed by atoms with Crippen LogP contribution in [-0.4, -0.2) is 49.1 Å². The third-order valence-electron chi connectivity index (χ3n) is 4.91. The number of nitrogens with two attached hydrogens (primary N) is 1. The van der Waals surface area contributed by atoms with E-state index < -0.39 is 0 Å². The first-order chi connectivity index (χ1) is 8.29. The molecule has 0 aromatic heterocycles. The van der Waals surface area contributed by atoms with Crippen LogP contribution in [0.3, 0.4) is 0 Å². The summed E-state index contributed by atoms with van der Waals surface area (Å²) < 4.78 is 11.6. The SMILES string of the molecule is NCC1(N2CCCC2)CCC2(CC1)OCCO2. The van der Waals surface area contributed by atoms with E-state index in [0.29, 0.717) is 0 Å². The van der Waals surface area contributed by atoms with Gasteiger partial charge in [-0.05, 0) is 38.8 Å². The Morgan fingerprint density at radius 2 is 1.53 bits per heavy atom. The molecule has 3 aliphatic rings. The second-order valence-corrected chi connectivity index (χ2v) is 5.73. The van der Waals surface area contributed by atoms with E-state index in [4.69, 9.17) is 15.2 Å². The second kappa shape index (κ2) is 4.50. The van der Waals surface area contributed by atoms with Crippen LogP contribution in [0.2, 0.25) is 0 Å². The summed E-state index contributed by atoms with van der Waals surface area (Å²) >= 11 is 0. The van der Waals surface area contributed by atoms with Crippen LogP contribution >= 0.6 is 0 Å². The Labute approximate surface area is 103 Å². The van der Waals surface area contributed by atoms with Crippen molar-refractivity contribution in [3.8, 4) is 0 Å². The molecule has 0 bridgehead atoms. The van der Waals surface area contributed by atoms with E-state index in [1.165, 1.54) is 25.9 Å². The van der Waals surface area contributed by atoms with E-state index in [0.717, 1.165) is 45.4 Å². The van der Waals surface area contributed by atoms with Crippen molar-refractivity contribution >= 4 is 0 Å². The van der Waals surface area contributed by atoms with E-state index >= 15 is 0 Å². The Morgan fingerprint density at radius 3 is 2.06 bits per heavy atom. The van der Waals surface area contributed by atoms with Crippen molar-refractivity contribution < 1.29 is 9.47 Å². The molecule has 4 heteroatoms. The summed E-state index contributed by atoms with van der Waals surface area (Å²) in [6.07, 6.45) is 6.95. The Hall–Kier alpha value is -0.160. The van der Waals surface area contributed by atoms with Gasteiger partial charge in [-0.1, -0.05) is 0 Å². The molecular weight excluding hydrogens is 216 g/mol. The predicted molar refractivity (Wildman–Crippen MR) is 65.7 cm³/mol. The quantitative estimate of drug-likeness (QED) is 0.785. The summed E-state index contributed by atoms with van der Waals surface area (Å²) in [5, 5.41) is 0. The highest BCUT2D eigenvalue weighted by molar-refractivity contribution is 5.00. The highest BCUT2D eigenvalue weighted by Crippen LogP contribution is 2.43. The van der Waals surface area contributed by atoms with Crippen LogP contribution in [0.15, 0.2) is 0 Å². The topological polar surface area (TPSA) is 47.7 Å². The molecule has 1 aliphatic carbocycles. The van der Waals surface area contributed by atoms with Gasteiger partial charge in [0.1, 0.15) is 0 Å². The third kappa shape index (κ3) is 2.01. The van der Waals surface area contributed by atoms with Gasteiger partial charge >= 0.3 is 0 Å². The van der Waals surface area contributed by atoms with Crippen molar-refractivity contribution in [1.29, 1.82) is 0 Å². The number of hydrogen-bond acceptors (Lipinski definition) is 4. The highest BCUT2D eigenvalue weighted by Gasteiger charge is 2.48. The molecule has 0 radical (unpaired) electrons. The van der Waals surface area contributed by atoms with E-state index in [-0.39, 0.29) is 11.3 Å². The zero-order chi connectivity index (χ0) is 11.8. The lowest BCUT2D eigenvalue weighted by Crippen LogP contribution is -2.57. The average Bonchev–Trinajstić information content (AvgIpc) is 3.03. The average molecular weight is 240 g/mol. The normalized spacial score (nSPS) is 32.3. The summed E-state index contributed by atoms with van der Waals surface area (Å²) in [6.45, 7) is 4.76. The van der Waals surface area contributed by atoms with Gasteiger partial charge in [-0.2, -0.15) is 0 Å². The summed E-state index contributed by atoms with van der Waals surface area (Å²) in [6, 6.07) is 0. The zero-order valence-electron chi connectivity index (χ0n) is 10.6. The van der Waals surface area contributed by atoms with Gasteiger partial charge in [0.15, 0.2) is 5.79 Å². The number of nitrogens with zero attached hydrogens (tertiary/aromatic N) is 1. The summed E-state index contributed by atoms with van der Waals surface area (Å²) in [5.74, 6) is -0.252. The molecule has 1 saturated carbocycles. The van der Waals surface area contributed by atoms with Crippen LogP contribution < -0.4 is 5.73 Å². The molecule has 1 spiro atoms. The molecule has 2 heterocycles. The lowest BCUT2D eigenvalue weighted by atomic mass is 9.77. The molecule has 0 amide bonds. The Balaban J connectivity index is 1.68. The summed E-state index contributed by atoms with van der Waals surface area (Å²) in [7, 11) is 0. The van der Waals surface area contributed by atoms with Crippen molar-refractivity contribution in [2.24, 2.45) is 5.73 Å². The third-order valence-corrected chi connectivity index (χ3v) is 4.91. The molecule has 98 valence electrons. The van der Waals surface area contributed by atoms with Crippen molar-refractivity contribution in [3.63, 3.8) is 0 Å². The smallest absolute Gasteiger partial charge is 0.168 e. The van der Waals surface area contributed by atoms with Gasteiger partial charge in [0.2, 0.25) is 0 Å². The molecule has 0 unspecified atom stereocenters. The molecule has 2 N–H and O–H groups in total. The Kier molecular flexibility index (Phi) is 3.15. The maximum atomic E-state index is 6.08. The zero-order valence-corrected chi connectivity index (χ0v) is 10.6. The fourth-order valence-electron chi connectivity index (χ4n) is 3.72. The molecule has 0 aromatic carbocycles. The van der Waals surface area contributed by atoms with Crippen LogP contribution in [0, 0.1) is 0 Å². The summed E-state index contributed by atoms with van der Waals surface area (Å²) in [4.78, 5) is 2.62. The molecule has 17 heavy (non-hydrogen) atoms. The lowest BCUT2D eigenvalue weighted by Gasteiger charge is -2.48. The lowest BCUT2D eigenvalue weighted by molar-refractivity contribution is -0.192. The van der Waals surface area contributed by atoms with Crippen molar-refractivity contribution in [3.05, 3.63) is 0 Å². The van der Waals surface area contributed by atoms with E-state index in [9.17, 15) is 0 Å². The minimum Gasteiger partial charge on any atom is -0.348 e. The fourth-order valence-corrected chi connectivity index (χ4v) is 3.72. The molecule has 2 saturated heterocycles. The van der Waals surface area contributed by atoms with E-state index in [1.54, 1.807) is 0 Å². The summed E-state index contributed by atoms with van der Waals surface area (Å²) in [5.41, 5.74) is 6.32. The monoisotopic (exact) mass is 240 g/mol. The van der Waals surface area contributed by atoms with E-state index in [2.05, 4.69) is 4.90 Å². The van der Waals surface area contributed by atoms with Crippen molar-refractivity contribution in [2.45, 2.75) is 49.9 Å². The maximum absolute atomic E-state index is 6.08. The van der Waals surface area contributed by atoms with Crippen LogP contribution in [0.5, 0.6) is 0 Å².